The van der Waals surface area contributed by atoms with Gasteiger partial charge in [-0.3, -0.25) is 4.79 Å². The normalized spacial score (nSPS) is 48.2. The van der Waals surface area contributed by atoms with Crippen molar-refractivity contribution in [3.05, 3.63) is 0 Å². The van der Waals surface area contributed by atoms with Crippen molar-refractivity contribution in [2.45, 2.75) is 31.0 Å². The predicted molar refractivity (Wildman–Crippen MR) is 47.7 cm³/mol. The van der Waals surface area contributed by atoms with Gasteiger partial charge in [-0.1, -0.05) is 15.9 Å². The number of fused-ring (bicyclic) bond motifs is 2. The third kappa shape index (κ3) is 1.07. The summed E-state index contributed by atoms with van der Waals surface area (Å²) in [7, 11) is 0. The molecule has 4 atom stereocenters. The van der Waals surface area contributed by atoms with Crippen LogP contribution in [0.4, 0.5) is 0 Å². The topological polar surface area (TPSA) is 17.1 Å². The summed E-state index contributed by atoms with van der Waals surface area (Å²) < 4.78 is 0. The first-order valence-electron chi connectivity index (χ1n) is 4.34. The molecule has 2 aliphatic carbocycles. The van der Waals surface area contributed by atoms with Crippen LogP contribution < -0.4 is 0 Å². The maximum absolute atomic E-state index is 11.2. The number of Topliss-reactive ketones (excluding diaryl/α,β-unsaturated/α-hetero) is 1. The fourth-order valence-electron chi connectivity index (χ4n) is 2.78. The summed E-state index contributed by atoms with van der Waals surface area (Å²) in [5, 5.41) is 0. The summed E-state index contributed by atoms with van der Waals surface area (Å²) >= 11 is 3.64. The SMILES string of the molecule is CC(=O)[C@@H]1C(Br)[C@@H]2CC[C@H]1C2. The van der Waals surface area contributed by atoms with E-state index in [1.165, 1.54) is 19.3 Å². The summed E-state index contributed by atoms with van der Waals surface area (Å²) in [4.78, 5) is 11.7. The monoisotopic (exact) mass is 216 g/mol. The molecule has 0 aromatic heterocycles. The van der Waals surface area contributed by atoms with Crippen molar-refractivity contribution >= 4 is 21.7 Å². The lowest BCUT2D eigenvalue weighted by atomic mass is 9.86. The van der Waals surface area contributed by atoms with Gasteiger partial charge in [-0.15, -0.1) is 0 Å². The van der Waals surface area contributed by atoms with E-state index < -0.39 is 0 Å². The van der Waals surface area contributed by atoms with Gasteiger partial charge in [-0.25, -0.2) is 0 Å². The van der Waals surface area contributed by atoms with Crippen LogP contribution in [0.2, 0.25) is 0 Å². The van der Waals surface area contributed by atoms with E-state index in [9.17, 15) is 4.79 Å². The summed E-state index contributed by atoms with van der Waals surface area (Å²) in [6, 6.07) is 0. The molecular weight excluding hydrogens is 204 g/mol. The predicted octanol–water partition coefficient (Wildman–Crippen LogP) is 2.39. The molecule has 0 radical (unpaired) electrons. The van der Waals surface area contributed by atoms with Crippen LogP contribution in [-0.2, 0) is 4.79 Å². The van der Waals surface area contributed by atoms with E-state index >= 15 is 0 Å². The number of ketones is 1. The molecule has 62 valence electrons. The molecule has 0 saturated heterocycles. The lowest BCUT2D eigenvalue weighted by Crippen LogP contribution is -2.27. The number of carbonyl (C=O) groups excluding carboxylic acids is 1. The number of rotatable bonds is 1. The van der Waals surface area contributed by atoms with Crippen LogP contribution in [-0.4, -0.2) is 10.6 Å². The molecule has 2 fully saturated rings. The second-order valence-electron chi connectivity index (χ2n) is 3.91. The minimum absolute atomic E-state index is 0.341. The van der Waals surface area contributed by atoms with Gasteiger partial charge < -0.3 is 0 Å². The molecule has 2 heteroatoms. The third-order valence-electron chi connectivity index (χ3n) is 3.28. The second kappa shape index (κ2) is 2.58. The number of carbonyl (C=O) groups is 1. The zero-order valence-electron chi connectivity index (χ0n) is 6.72. The van der Waals surface area contributed by atoms with Crippen LogP contribution in [0.5, 0.6) is 0 Å². The van der Waals surface area contributed by atoms with Crippen molar-refractivity contribution in [1.29, 1.82) is 0 Å². The molecule has 0 N–H and O–H groups in total. The Hall–Kier alpha value is 0.150. The van der Waals surface area contributed by atoms with Crippen LogP contribution in [0.1, 0.15) is 26.2 Å². The second-order valence-corrected chi connectivity index (χ2v) is 4.97. The molecule has 1 unspecified atom stereocenters. The smallest absolute Gasteiger partial charge is 0.134 e. The van der Waals surface area contributed by atoms with Gasteiger partial charge >= 0.3 is 0 Å². The highest BCUT2D eigenvalue weighted by atomic mass is 79.9. The number of alkyl halides is 1. The summed E-state index contributed by atoms with van der Waals surface area (Å²) in [5.74, 6) is 2.24. The minimum Gasteiger partial charge on any atom is -0.300 e. The van der Waals surface area contributed by atoms with E-state index in [2.05, 4.69) is 15.9 Å². The molecule has 2 aliphatic rings. The number of hydrogen-bond acceptors (Lipinski definition) is 1. The lowest BCUT2D eigenvalue weighted by Gasteiger charge is -2.24. The van der Waals surface area contributed by atoms with Crippen molar-refractivity contribution in [3.8, 4) is 0 Å². The van der Waals surface area contributed by atoms with Gasteiger partial charge in [0, 0.05) is 10.7 Å². The summed E-state index contributed by atoms with van der Waals surface area (Å²) in [6.45, 7) is 1.74. The fourth-order valence-corrected chi connectivity index (χ4v) is 4.06. The number of hydrogen-bond donors (Lipinski definition) is 0. The van der Waals surface area contributed by atoms with Crippen molar-refractivity contribution in [1.82, 2.24) is 0 Å². The molecule has 0 heterocycles. The van der Waals surface area contributed by atoms with Gasteiger partial charge in [0.2, 0.25) is 0 Å². The van der Waals surface area contributed by atoms with E-state index in [1.54, 1.807) is 6.92 Å². The molecule has 2 rings (SSSR count). The highest BCUT2D eigenvalue weighted by Gasteiger charge is 2.48. The molecule has 1 nitrogen and oxygen atoms in total. The van der Waals surface area contributed by atoms with Gasteiger partial charge in [0.25, 0.3) is 0 Å². The Kier molecular flexibility index (Phi) is 1.82. The molecule has 2 saturated carbocycles. The van der Waals surface area contributed by atoms with Crippen molar-refractivity contribution in [2.24, 2.45) is 17.8 Å². The first kappa shape index (κ1) is 7.78. The molecule has 11 heavy (non-hydrogen) atoms. The molecule has 0 aromatic rings. The Bertz CT molecular complexity index is 188. The Morgan fingerprint density at radius 1 is 1.36 bits per heavy atom. The lowest BCUT2D eigenvalue weighted by molar-refractivity contribution is -0.121. The molecule has 0 amide bonds. The zero-order chi connectivity index (χ0) is 8.01. The van der Waals surface area contributed by atoms with E-state index in [4.69, 9.17) is 0 Å². The van der Waals surface area contributed by atoms with Gasteiger partial charge in [0.1, 0.15) is 5.78 Å². The summed E-state index contributed by atoms with van der Waals surface area (Å²) in [5.41, 5.74) is 0. The maximum Gasteiger partial charge on any atom is 0.134 e. The van der Waals surface area contributed by atoms with Crippen LogP contribution in [0.15, 0.2) is 0 Å². The van der Waals surface area contributed by atoms with E-state index in [-0.39, 0.29) is 0 Å². The van der Waals surface area contributed by atoms with Gasteiger partial charge in [0.15, 0.2) is 0 Å². The van der Waals surface area contributed by atoms with Gasteiger partial charge in [-0.05, 0) is 38.0 Å². The minimum atomic E-state index is 0.341. The van der Waals surface area contributed by atoms with E-state index in [1.807, 2.05) is 0 Å². The Balaban J connectivity index is 2.17. The fraction of sp³-hybridized carbons (Fsp3) is 0.889. The van der Waals surface area contributed by atoms with Crippen molar-refractivity contribution in [2.75, 3.05) is 0 Å². The van der Waals surface area contributed by atoms with Crippen LogP contribution in [0.3, 0.4) is 0 Å². The van der Waals surface area contributed by atoms with E-state index in [0.29, 0.717) is 22.4 Å². The summed E-state index contributed by atoms with van der Waals surface area (Å²) in [6.07, 6.45) is 3.92. The highest BCUT2D eigenvalue weighted by molar-refractivity contribution is 9.09. The first-order chi connectivity index (χ1) is 5.20. The third-order valence-corrected chi connectivity index (χ3v) is 4.60. The van der Waals surface area contributed by atoms with E-state index in [0.717, 1.165) is 5.92 Å². The van der Waals surface area contributed by atoms with Crippen LogP contribution >= 0.6 is 15.9 Å². The molecule has 0 aliphatic heterocycles. The molecule has 0 spiro atoms. The number of halogens is 1. The van der Waals surface area contributed by atoms with Crippen molar-refractivity contribution in [3.63, 3.8) is 0 Å². The standard InChI is InChI=1S/C9H13BrO/c1-5(11)8-6-2-3-7(4-6)9(8)10/h6-9H,2-4H2,1H3/t6-,7+,8-,9?/m0/s1. The van der Waals surface area contributed by atoms with Crippen LogP contribution in [0.25, 0.3) is 0 Å². The Morgan fingerprint density at radius 2 is 2.00 bits per heavy atom. The van der Waals surface area contributed by atoms with Gasteiger partial charge in [-0.2, -0.15) is 0 Å². The van der Waals surface area contributed by atoms with Gasteiger partial charge in [0.05, 0.1) is 0 Å². The van der Waals surface area contributed by atoms with Crippen LogP contribution in [0, 0.1) is 17.8 Å². The Labute approximate surface area is 75.7 Å². The average Bonchev–Trinajstić information content (AvgIpc) is 2.44. The largest absolute Gasteiger partial charge is 0.300 e. The quantitative estimate of drug-likeness (QED) is 0.616. The maximum atomic E-state index is 11.2. The molecule has 2 bridgehead atoms. The zero-order valence-corrected chi connectivity index (χ0v) is 8.30. The first-order valence-corrected chi connectivity index (χ1v) is 5.26. The van der Waals surface area contributed by atoms with Crippen molar-refractivity contribution < 1.29 is 4.79 Å². The average molecular weight is 217 g/mol. The highest BCUT2D eigenvalue weighted by Crippen LogP contribution is 2.51. The Morgan fingerprint density at radius 3 is 2.36 bits per heavy atom. The molecule has 0 aromatic carbocycles. The molecular formula is C9H13BrO.